The normalized spacial score (nSPS) is 10.7. The van der Waals surface area contributed by atoms with Gasteiger partial charge in [-0.1, -0.05) is 0 Å². The number of aromatic nitrogens is 1. The molecule has 0 saturated carbocycles. The molecule has 2 heterocycles. The van der Waals surface area contributed by atoms with Crippen molar-refractivity contribution < 1.29 is 4.42 Å². The molecule has 80 valence electrons. The Labute approximate surface area is 101 Å². The van der Waals surface area contributed by atoms with E-state index >= 15 is 0 Å². The smallest absolute Gasteiger partial charge is 0.169 e. The molecule has 15 heavy (non-hydrogen) atoms. The molecule has 0 amide bonds. The van der Waals surface area contributed by atoms with E-state index < -0.39 is 0 Å². The summed E-state index contributed by atoms with van der Waals surface area (Å²) < 4.78 is 6.14. The van der Waals surface area contributed by atoms with E-state index in [1.54, 1.807) is 11.3 Å². The van der Waals surface area contributed by atoms with Gasteiger partial charge in [0.05, 0.1) is 17.7 Å². The van der Waals surface area contributed by atoms with Crippen LogP contribution in [-0.2, 0) is 13.0 Å². The highest BCUT2D eigenvalue weighted by molar-refractivity contribution is 9.10. The second-order valence-electron chi connectivity index (χ2n) is 3.11. The minimum absolute atomic E-state index is 0.760. The molecule has 0 aromatic carbocycles. The summed E-state index contributed by atoms with van der Waals surface area (Å²) >= 11 is 4.90. The van der Waals surface area contributed by atoms with Crippen molar-refractivity contribution in [3.8, 4) is 0 Å². The fourth-order valence-corrected chi connectivity index (χ4v) is 2.17. The Hall–Kier alpha value is -0.650. The van der Waals surface area contributed by atoms with Crippen LogP contribution in [0.5, 0.6) is 0 Å². The lowest BCUT2D eigenvalue weighted by atomic mass is 10.3. The van der Waals surface area contributed by atoms with Crippen LogP contribution < -0.4 is 5.32 Å². The Morgan fingerprint density at radius 1 is 1.47 bits per heavy atom. The summed E-state index contributed by atoms with van der Waals surface area (Å²) in [5.74, 6) is 0.945. The fourth-order valence-electron chi connectivity index (χ4n) is 1.24. The van der Waals surface area contributed by atoms with Crippen LogP contribution in [0.3, 0.4) is 0 Å². The zero-order valence-corrected chi connectivity index (χ0v) is 10.5. The number of nitrogens with one attached hydrogen (secondary N) is 1. The summed E-state index contributed by atoms with van der Waals surface area (Å²) in [6.45, 7) is 1.68. The second kappa shape index (κ2) is 5.44. The van der Waals surface area contributed by atoms with Crippen molar-refractivity contribution in [3.05, 3.63) is 39.1 Å². The minimum Gasteiger partial charge on any atom is -0.453 e. The minimum atomic E-state index is 0.760. The molecular formula is C10H11BrN2OS. The standard InChI is InChI=1S/C10H11BrN2OS/c11-10-2-1-9(14-10)5-12-4-3-8-6-15-7-13-8/h1-2,6-7,12H,3-5H2. The van der Waals surface area contributed by atoms with E-state index in [-0.39, 0.29) is 0 Å². The van der Waals surface area contributed by atoms with Crippen LogP contribution >= 0.6 is 27.3 Å². The average Bonchev–Trinajstić information content (AvgIpc) is 2.84. The van der Waals surface area contributed by atoms with Gasteiger partial charge in [-0.15, -0.1) is 11.3 Å². The van der Waals surface area contributed by atoms with Crippen molar-refractivity contribution in [2.24, 2.45) is 0 Å². The van der Waals surface area contributed by atoms with Gasteiger partial charge in [-0.2, -0.15) is 0 Å². The maximum atomic E-state index is 5.36. The van der Waals surface area contributed by atoms with Crippen LogP contribution in [0.2, 0.25) is 0 Å². The molecule has 2 aromatic rings. The van der Waals surface area contributed by atoms with E-state index in [9.17, 15) is 0 Å². The first-order valence-corrected chi connectivity index (χ1v) is 6.40. The quantitative estimate of drug-likeness (QED) is 0.859. The molecule has 0 atom stereocenters. The Morgan fingerprint density at radius 3 is 3.07 bits per heavy atom. The van der Waals surface area contributed by atoms with Crippen LogP contribution in [0.25, 0.3) is 0 Å². The second-order valence-corrected chi connectivity index (χ2v) is 4.61. The number of thiazole rings is 1. The summed E-state index contributed by atoms with van der Waals surface area (Å²) in [6.07, 6.45) is 0.964. The van der Waals surface area contributed by atoms with Gasteiger partial charge >= 0.3 is 0 Å². The SMILES string of the molecule is Brc1ccc(CNCCc2cscn2)o1. The van der Waals surface area contributed by atoms with Crippen molar-refractivity contribution in [1.82, 2.24) is 10.3 Å². The summed E-state index contributed by atoms with van der Waals surface area (Å²) in [4.78, 5) is 4.21. The zero-order chi connectivity index (χ0) is 10.5. The van der Waals surface area contributed by atoms with Crippen molar-refractivity contribution in [2.45, 2.75) is 13.0 Å². The lowest BCUT2D eigenvalue weighted by Gasteiger charge is -2.00. The summed E-state index contributed by atoms with van der Waals surface area (Å²) in [6, 6.07) is 3.86. The molecule has 2 aromatic heterocycles. The molecule has 3 nitrogen and oxygen atoms in total. The maximum absolute atomic E-state index is 5.36. The van der Waals surface area contributed by atoms with E-state index in [1.165, 1.54) is 0 Å². The van der Waals surface area contributed by atoms with Gasteiger partial charge in [-0.05, 0) is 28.1 Å². The molecule has 0 saturated heterocycles. The van der Waals surface area contributed by atoms with Gasteiger partial charge in [0.1, 0.15) is 5.76 Å². The Morgan fingerprint density at radius 2 is 2.40 bits per heavy atom. The Balaban J connectivity index is 1.67. The van der Waals surface area contributed by atoms with Crippen molar-refractivity contribution in [2.75, 3.05) is 6.54 Å². The van der Waals surface area contributed by atoms with Crippen LogP contribution in [0.1, 0.15) is 11.5 Å². The van der Waals surface area contributed by atoms with Gasteiger partial charge in [-0.25, -0.2) is 4.98 Å². The van der Waals surface area contributed by atoms with Crippen molar-refractivity contribution in [1.29, 1.82) is 0 Å². The fraction of sp³-hybridized carbons (Fsp3) is 0.300. The molecule has 2 rings (SSSR count). The first-order valence-electron chi connectivity index (χ1n) is 4.66. The van der Waals surface area contributed by atoms with E-state index in [1.807, 2.05) is 17.6 Å². The summed E-state index contributed by atoms with van der Waals surface area (Å²) in [7, 11) is 0. The highest BCUT2D eigenvalue weighted by atomic mass is 79.9. The van der Waals surface area contributed by atoms with E-state index in [4.69, 9.17) is 4.42 Å². The van der Waals surface area contributed by atoms with Gasteiger partial charge in [0.2, 0.25) is 0 Å². The maximum Gasteiger partial charge on any atom is 0.169 e. The molecule has 0 bridgehead atoms. The third-order valence-electron chi connectivity index (χ3n) is 1.97. The zero-order valence-electron chi connectivity index (χ0n) is 8.07. The third kappa shape index (κ3) is 3.44. The number of nitrogens with zero attached hydrogens (tertiary/aromatic N) is 1. The molecule has 0 aliphatic heterocycles. The average molecular weight is 287 g/mol. The molecule has 1 N–H and O–H groups in total. The Bertz CT molecular complexity index is 399. The first kappa shape index (κ1) is 10.9. The number of hydrogen-bond donors (Lipinski definition) is 1. The lowest BCUT2D eigenvalue weighted by Crippen LogP contribution is -2.16. The number of halogens is 1. The van der Waals surface area contributed by atoms with Gasteiger partial charge in [0, 0.05) is 18.3 Å². The third-order valence-corrected chi connectivity index (χ3v) is 3.03. The predicted molar refractivity (Wildman–Crippen MR) is 63.9 cm³/mol. The monoisotopic (exact) mass is 286 g/mol. The molecule has 0 radical (unpaired) electrons. The number of rotatable bonds is 5. The number of hydrogen-bond acceptors (Lipinski definition) is 4. The van der Waals surface area contributed by atoms with E-state index in [2.05, 4.69) is 31.6 Å². The molecule has 0 spiro atoms. The van der Waals surface area contributed by atoms with Crippen molar-refractivity contribution in [3.63, 3.8) is 0 Å². The first-order chi connectivity index (χ1) is 7.34. The van der Waals surface area contributed by atoms with Crippen LogP contribution in [0, 0.1) is 0 Å². The van der Waals surface area contributed by atoms with Gasteiger partial charge in [0.25, 0.3) is 0 Å². The molecule has 0 aliphatic rings. The van der Waals surface area contributed by atoms with Crippen molar-refractivity contribution >= 4 is 27.3 Å². The topological polar surface area (TPSA) is 38.1 Å². The van der Waals surface area contributed by atoms with E-state index in [0.29, 0.717) is 0 Å². The summed E-state index contributed by atoms with van der Waals surface area (Å²) in [5, 5.41) is 5.38. The van der Waals surface area contributed by atoms with Gasteiger partial charge in [-0.3, -0.25) is 0 Å². The molecule has 0 aliphatic carbocycles. The summed E-state index contributed by atoms with van der Waals surface area (Å²) in [5.41, 5.74) is 3.01. The van der Waals surface area contributed by atoms with Crippen LogP contribution in [0.15, 0.2) is 32.1 Å². The highest BCUT2D eigenvalue weighted by Gasteiger charge is 1.99. The molecule has 0 fully saturated rings. The Kier molecular flexibility index (Phi) is 3.94. The van der Waals surface area contributed by atoms with Crippen LogP contribution in [0.4, 0.5) is 0 Å². The van der Waals surface area contributed by atoms with Gasteiger partial charge < -0.3 is 9.73 Å². The predicted octanol–water partition coefficient (Wildman–Crippen LogP) is 2.83. The molecule has 0 unspecified atom stereocenters. The molecule has 5 heteroatoms. The number of furan rings is 1. The molecular weight excluding hydrogens is 276 g/mol. The van der Waals surface area contributed by atoms with E-state index in [0.717, 1.165) is 35.6 Å². The lowest BCUT2D eigenvalue weighted by molar-refractivity contribution is 0.466. The largest absolute Gasteiger partial charge is 0.453 e. The van der Waals surface area contributed by atoms with Gasteiger partial charge in [0.15, 0.2) is 4.67 Å². The highest BCUT2D eigenvalue weighted by Crippen LogP contribution is 2.13. The van der Waals surface area contributed by atoms with Crippen LogP contribution in [-0.4, -0.2) is 11.5 Å².